The molecule has 0 aliphatic carbocycles. The Morgan fingerprint density at radius 1 is 1.00 bits per heavy atom. The van der Waals surface area contributed by atoms with Gasteiger partial charge in [0.15, 0.2) is 0 Å². The first-order valence-corrected chi connectivity index (χ1v) is 6.45. The highest BCUT2D eigenvalue weighted by Gasteiger charge is 2.15. The number of nitrogens with zero attached hydrogens (tertiary/aromatic N) is 2. The van der Waals surface area contributed by atoms with Gasteiger partial charge in [0.1, 0.15) is 5.69 Å². The van der Waals surface area contributed by atoms with Crippen molar-refractivity contribution in [3.8, 4) is 5.88 Å². The van der Waals surface area contributed by atoms with Gasteiger partial charge in [-0.05, 0) is 17.0 Å². The fourth-order valence-electron chi connectivity index (χ4n) is 1.82. The van der Waals surface area contributed by atoms with Crippen LogP contribution in [0.15, 0.2) is 36.4 Å². The van der Waals surface area contributed by atoms with Crippen LogP contribution in [-0.2, 0) is 5.41 Å². The first-order chi connectivity index (χ1) is 9.41. The number of aromatic nitrogens is 2. The van der Waals surface area contributed by atoms with Crippen LogP contribution in [0.1, 0.15) is 42.4 Å². The first-order valence-electron chi connectivity index (χ1n) is 6.45. The van der Waals surface area contributed by atoms with Gasteiger partial charge in [0, 0.05) is 11.6 Å². The molecule has 0 atom stereocenters. The average Bonchev–Trinajstić information content (AvgIpc) is 2.46. The van der Waals surface area contributed by atoms with Gasteiger partial charge in [0.05, 0.1) is 7.11 Å². The number of hydrogen-bond donors (Lipinski definition) is 0. The molecule has 0 amide bonds. The molecule has 20 heavy (non-hydrogen) atoms. The Hall–Kier alpha value is -2.23. The molecule has 0 aliphatic heterocycles. The van der Waals surface area contributed by atoms with E-state index in [1.807, 2.05) is 24.3 Å². The summed E-state index contributed by atoms with van der Waals surface area (Å²) in [4.78, 5) is 12.3. The van der Waals surface area contributed by atoms with Crippen LogP contribution in [0.2, 0.25) is 0 Å². The number of methoxy groups -OCH3 is 1. The number of ether oxygens (including phenoxy) is 1. The lowest BCUT2D eigenvalue weighted by Crippen LogP contribution is -2.12. The molecule has 4 heteroatoms. The third-order valence-electron chi connectivity index (χ3n) is 3.09. The molecule has 0 radical (unpaired) electrons. The quantitative estimate of drug-likeness (QED) is 0.804. The van der Waals surface area contributed by atoms with E-state index in [2.05, 4.69) is 31.0 Å². The van der Waals surface area contributed by atoms with Gasteiger partial charge in [-0.3, -0.25) is 4.79 Å². The van der Waals surface area contributed by atoms with Crippen LogP contribution in [0.5, 0.6) is 5.88 Å². The number of hydrogen-bond acceptors (Lipinski definition) is 4. The predicted molar refractivity (Wildman–Crippen MR) is 77.2 cm³/mol. The second kappa shape index (κ2) is 5.41. The van der Waals surface area contributed by atoms with Gasteiger partial charge in [-0.2, -0.15) is 0 Å². The van der Waals surface area contributed by atoms with E-state index < -0.39 is 0 Å². The van der Waals surface area contributed by atoms with Gasteiger partial charge in [-0.1, -0.05) is 45.0 Å². The van der Waals surface area contributed by atoms with E-state index in [-0.39, 0.29) is 11.2 Å². The molecule has 4 nitrogen and oxygen atoms in total. The van der Waals surface area contributed by atoms with E-state index in [0.29, 0.717) is 17.1 Å². The Bertz CT molecular complexity index is 596. The van der Waals surface area contributed by atoms with E-state index >= 15 is 0 Å². The Balaban J connectivity index is 2.24. The number of rotatable bonds is 3. The highest BCUT2D eigenvalue weighted by molar-refractivity contribution is 6.07. The van der Waals surface area contributed by atoms with Crippen LogP contribution in [0.25, 0.3) is 0 Å². The second-order valence-corrected chi connectivity index (χ2v) is 5.62. The van der Waals surface area contributed by atoms with Crippen molar-refractivity contribution in [2.45, 2.75) is 26.2 Å². The molecule has 0 fully saturated rings. The molecule has 1 aromatic carbocycles. The SMILES string of the molecule is COc1ccc(C(=O)c2ccc(C(C)(C)C)cc2)nn1. The Labute approximate surface area is 118 Å². The van der Waals surface area contributed by atoms with Gasteiger partial charge in [-0.25, -0.2) is 0 Å². The van der Waals surface area contributed by atoms with Gasteiger partial charge in [0.2, 0.25) is 11.7 Å². The van der Waals surface area contributed by atoms with Crippen molar-refractivity contribution in [3.63, 3.8) is 0 Å². The van der Waals surface area contributed by atoms with Crippen LogP contribution in [0.4, 0.5) is 0 Å². The zero-order valence-corrected chi connectivity index (χ0v) is 12.2. The van der Waals surface area contributed by atoms with Crippen LogP contribution < -0.4 is 4.74 Å². The minimum atomic E-state index is -0.138. The van der Waals surface area contributed by atoms with Crippen LogP contribution in [0, 0.1) is 0 Å². The van der Waals surface area contributed by atoms with E-state index in [9.17, 15) is 4.79 Å². The number of benzene rings is 1. The summed E-state index contributed by atoms with van der Waals surface area (Å²) in [6.07, 6.45) is 0. The molecule has 0 bridgehead atoms. The highest BCUT2D eigenvalue weighted by Crippen LogP contribution is 2.22. The average molecular weight is 270 g/mol. The third-order valence-corrected chi connectivity index (χ3v) is 3.09. The first kappa shape index (κ1) is 14.2. The minimum Gasteiger partial charge on any atom is -0.480 e. The van der Waals surface area contributed by atoms with E-state index in [1.165, 1.54) is 12.7 Å². The molecular weight excluding hydrogens is 252 g/mol. The third kappa shape index (κ3) is 3.02. The lowest BCUT2D eigenvalue weighted by molar-refractivity contribution is 0.103. The summed E-state index contributed by atoms with van der Waals surface area (Å²) < 4.78 is 4.92. The number of ketones is 1. The van der Waals surface area contributed by atoms with Crippen LogP contribution in [-0.4, -0.2) is 23.1 Å². The zero-order chi connectivity index (χ0) is 14.8. The van der Waals surface area contributed by atoms with Crippen molar-refractivity contribution in [2.75, 3.05) is 7.11 Å². The molecule has 0 saturated carbocycles. The summed E-state index contributed by atoms with van der Waals surface area (Å²) in [6, 6.07) is 10.9. The van der Waals surface area contributed by atoms with Gasteiger partial charge >= 0.3 is 0 Å². The molecule has 0 aliphatic rings. The van der Waals surface area contributed by atoms with E-state index in [4.69, 9.17) is 4.74 Å². The highest BCUT2D eigenvalue weighted by atomic mass is 16.5. The Morgan fingerprint density at radius 2 is 1.65 bits per heavy atom. The lowest BCUT2D eigenvalue weighted by Gasteiger charge is -2.18. The summed E-state index contributed by atoms with van der Waals surface area (Å²) in [5.41, 5.74) is 2.18. The molecule has 104 valence electrons. The fraction of sp³-hybridized carbons (Fsp3) is 0.312. The molecule has 1 aromatic heterocycles. The number of carbonyl (C=O) groups is 1. The summed E-state index contributed by atoms with van der Waals surface area (Å²) in [5, 5.41) is 7.68. The molecule has 1 heterocycles. The zero-order valence-electron chi connectivity index (χ0n) is 12.2. The van der Waals surface area contributed by atoms with Crippen molar-refractivity contribution in [1.29, 1.82) is 0 Å². The fourth-order valence-corrected chi connectivity index (χ4v) is 1.82. The van der Waals surface area contributed by atoms with E-state index in [1.54, 1.807) is 12.1 Å². The van der Waals surface area contributed by atoms with Crippen molar-refractivity contribution in [3.05, 3.63) is 53.2 Å². The van der Waals surface area contributed by atoms with Gasteiger partial charge in [-0.15, -0.1) is 10.2 Å². The van der Waals surface area contributed by atoms with Crippen molar-refractivity contribution < 1.29 is 9.53 Å². The predicted octanol–water partition coefficient (Wildman–Crippen LogP) is 3.01. The Morgan fingerprint density at radius 3 is 2.10 bits per heavy atom. The van der Waals surface area contributed by atoms with Gasteiger partial charge in [0.25, 0.3) is 0 Å². The van der Waals surface area contributed by atoms with Crippen molar-refractivity contribution >= 4 is 5.78 Å². The van der Waals surface area contributed by atoms with Crippen molar-refractivity contribution in [2.24, 2.45) is 0 Å². The maximum atomic E-state index is 12.3. The smallest absolute Gasteiger partial charge is 0.233 e. The lowest BCUT2D eigenvalue weighted by atomic mass is 9.86. The molecule has 2 rings (SSSR count). The van der Waals surface area contributed by atoms with Crippen molar-refractivity contribution in [1.82, 2.24) is 10.2 Å². The normalized spacial score (nSPS) is 11.2. The second-order valence-electron chi connectivity index (χ2n) is 5.62. The summed E-state index contributed by atoms with van der Waals surface area (Å²) in [6.45, 7) is 6.41. The minimum absolute atomic E-state index is 0.0709. The largest absolute Gasteiger partial charge is 0.480 e. The van der Waals surface area contributed by atoms with Crippen LogP contribution >= 0.6 is 0 Å². The van der Waals surface area contributed by atoms with E-state index in [0.717, 1.165) is 0 Å². The molecular formula is C16H18N2O2. The number of carbonyl (C=O) groups excluding carboxylic acids is 1. The maximum absolute atomic E-state index is 12.3. The molecule has 2 aromatic rings. The molecule has 0 unspecified atom stereocenters. The molecule has 0 saturated heterocycles. The topological polar surface area (TPSA) is 52.1 Å². The summed E-state index contributed by atoms with van der Waals surface area (Å²) in [7, 11) is 1.51. The maximum Gasteiger partial charge on any atom is 0.233 e. The standard InChI is InChI=1S/C16H18N2O2/c1-16(2,3)12-7-5-11(6-8-12)15(19)13-9-10-14(20-4)18-17-13/h5-10H,1-4H3. The summed E-state index contributed by atoms with van der Waals surface area (Å²) in [5.74, 6) is 0.255. The van der Waals surface area contributed by atoms with Gasteiger partial charge < -0.3 is 4.74 Å². The Kier molecular flexibility index (Phi) is 3.84. The summed E-state index contributed by atoms with van der Waals surface area (Å²) >= 11 is 0. The monoisotopic (exact) mass is 270 g/mol. The molecule has 0 N–H and O–H groups in total. The molecule has 0 spiro atoms. The van der Waals surface area contributed by atoms with Crippen LogP contribution in [0.3, 0.4) is 0 Å².